The second-order valence-electron chi connectivity index (χ2n) is 8.09. The monoisotopic (exact) mass is 387 g/mol. The molecular formula is C22H45NO4. The number of nitrogens with zero attached hydrogens (tertiary/aromatic N) is 1. The van der Waals surface area contributed by atoms with E-state index in [9.17, 15) is 15.0 Å². The van der Waals surface area contributed by atoms with Crippen molar-refractivity contribution in [3.8, 4) is 0 Å². The van der Waals surface area contributed by atoms with Crippen LogP contribution in [0.15, 0.2) is 0 Å². The Labute approximate surface area is 167 Å². The van der Waals surface area contributed by atoms with Crippen molar-refractivity contribution in [3.63, 3.8) is 0 Å². The summed E-state index contributed by atoms with van der Waals surface area (Å²) in [5.41, 5.74) is 0. The molecule has 5 nitrogen and oxygen atoms in total. The molecule has 0 atom stereocenters. The fourth-order valence-electron chi connectivity index (χ4n) is 3.45. The van der Waals surface area contributed by atoms with Crippen molar-refractivity contribution in [1.82, 2.24) is 4.90 Å². The lowest BCUT2D eigenvalue weighted by molar-refractivity contribution is -0.251. The van der Waals surface area contributed by atoms with Gasteiger partial charge in [0.25, 0.3) is 0 Å². The summed E-state index contributed by atoms with van der Waals surface area (Å²) in [6.45, 7) is 3.53. The minimum absolute atomic E-state index is 0.345. The zero-order valence-corrected chi connectivity index (χ0v) is 17.9. The Morgan fingerprint density at radius 1 is 0.704 bits per heavy atom. The van der Waals surface area contributed by atoms with Gasteiger partial charge in [-0.1, -0.05) is 103 Å². The topological polar surface area (TPSA) is 81.0 Å². The van der Waals surface area contributed by atoms with Gasteiger partial charge < -0.3 is 15.3 Å². The third-order valence-electron chi connectivity index (χ3n) is 5.21. The van der Waals surface area contributed by atoms with Crippen LogP contribution in [0.5, 0.6) is 0 Å². The minimum atomic E-state index is -2.06. The van der Waals surface area contributed by atoms with Gasteiger partial charge in [-0.25, -0.2) is 4.90 Å². The lowest BCUT2D eigenvalue weighted by Gasteiger charge is -2.30. The Kier molecular flexibility index (Phi) is 17.0. The van der Waals surface area contributed by atoms with Gasteiger partial charge >= 0.3 is 5.97 Å². The normalized spacial score (nSPS) is 12.0. The van der Waals surface area contributed by atoms with Crippen LogP contribution >= 0.6 is 0 Å². The lowest BCUT2D eigenvalue weighted by atomic mass is 10.0. The molecule has 0 aliphatic rings. The van der Waals surface area contributed by atoms with Crippen molar-refractivity contribution in [1.29, 1.82) is 0 Å². The molecule has 0 heterocycles. The minimum Gasteiger partial charge on any atom is -0.480 e. The van der Waals surface area contributed by atoms with E-state index in [1.165, 1.54) is 95.3 Å². The molecule has 0 rings (SSSR count). The van der Waals surface area contributed by atoms with Crippen LogP contribution in [0.2, 0.25) is 0 Å². The van der Waals surface area contributed by atoms with E-state index < -0.39 is 11.9 Å². The Bertz CT molecular complexity index is 342. The van der Waals surface area contributed by atoms with Crippen LogP contribution in [0.25, 0.3) is 0 Å². The highest BCUT2D eigenvalue weighted by Crippen LogP contribution is 2.14. The fourth-order valence-corrected chi connectivity index (χ4v) is 3.45. The van der Waals surface area contributed by atoms with Crippen LogP contribution in [-0.2, 0) is 4.79 Å². The molecule has 0 spiro atoms. The van der Waals surface area contributed by atoms with Gasteiger partial charge in [-0.05, 0) is 6.42 Å². The number of carboxylic acids is 1. The fraction of sp³-hybridized carbons (Fsp3) is 0.955. The zero-order chi connectivity index (χ0) is 20.4. The highest BCUT2D eigenvalue weighted by molar-refractivity contribution is 5.69. The van der Waals surface area contributed by atoms with Gasteiger partial charge in [0.05, 0.1) is 0 Å². The molecule has 0 saturated carbocycles. The number of carbonyl (C=O) groups is 1. The number of carboxylic acid groups (broad SMARTS) is 1. The first kappa shape index (κ1) is 26.4. The average molecular weight is 388 g/mol. The first-order valence-electron chi connectivity index (χ1n) is 11.3. The molecule has 0 saturated heterocycles. The molecule has 0 fully saturated rings. The zero-order valence-electron chi connectivity index (χ0n) is 17.9. The van der Waals surface area contributed by atoms with Gasteiger partial charge in [-0.15, -0.1) is 0 Å². The average Bonchev–Trinajstić information content (AvgIpc) is 2.59. The van der Waals surface area contributed by atoms with Crippen molar-refractivity contribution < 1.29 is 20.1 Å². The number of hydrogen-bond donors (Lipinski definition) is 3. The number of rotatable bonds is 20. The first-order valence-corrected chi connectivity index (χ1v) is 11.3. The lowest BCUT2D eigenvalue weighted by Crippen LogP contribution is -2.49. The first-order chi connectivity index (χ1) is 12.9. The molecular weight excluding hydrogens is 342 g/mol. The summed E-state index contributed by atoms with van der Waals surface area (Å²) < 4.78 is 0. The second-order valence-corrected chi connectivity index (χ2v) is 8.09. The summed E-state index contributed by atoms with van der Waals surface area (Å²) in [5, 5.41) is 28.0. The third-order valence-corrected chi connectivity index (χ3v) is 5.21. The molecule has 0 amide bonds. The molecule has 0 aromatic heterocycles. The van der Waals surface area contributed by atoms with E-state index in [4.69, 9.17) is 5.11 Å². The van der Waals surface area contributed by atoms with Crippen LogP contribution in [-0.4, -0.2) is 45.2 Å². The van der Waals surface area contributed by atoms with Crippen LogP contribution in [0.4, 0.5) is 0 Å². The molecule has 162 valence electrons. The van der Waals surface area contributed by atoms with Gasteiger partial charge in [0, 0.05) is 13.5 Å². The predicted octanol–water partition coefficient (Wildman–Crippen LogP) is 5.29. The highest BCUT2D eigenvalue weighted by Gasteiger charge is 2.27. The molecule has 0 aromatic rings. The van der Waals surface area contributed by atoms with E-state index in [-0.39, 0.29) is 6.54 Å². The van der Waals surface area contributed by atoms with Crippen molar-refractivity contribution in [2.75, 3.05) is 13.1 Å². The Morgan fingerprint density at radius 3 is 1.33 bits per heavy atom. The van der Waals surface area contributed by atoms with E-state index in [2.05, 4.69) is 6.92 Å². The van der Waals surface area contributed by atoms with E-state index >= 15 is 0 Å². The maximum atomic E-state index is 10.8. The predicted molar refractivity (Wildman–Crippen MR) is 112 cm³/mol. The van der Waals surface area contributed by atoms with Crippen molar-refractivity contribution in [2.24, 2.45) is 0 Å². The third kappa shape index (κ3) is 18.5. The number of aliphatic carboxylic acids is 1. The van der Waals surface area contributed by atoms with Crippen LogP contribution < -0.4 is 0 Å². The standard InChI is InChI=1S/C22H45NO4/c1-3-4-5-6-7-8-9-10-11-12-13-14-15-16-17-18-19-23(20-21(24)25)22(2,26)27/h26-27H,3-20H2,1-2H3,(H,24,25). The maximum Gasteiger partial charge on any atom is 0.317 e. The summed E-state index contributed by atoms with van der Waals surface area (Å²) in [5.74, 6) is -3.10. The number of hydrogen-bond acceptors (Lipinski definition) is 4. The molecule has 0 radical (unpaired) electrons. The van der Waals surface area contributed by atoms with Crippen molar-refractivity contribution >= 4 is 5.97 Å². The highest BCUT2D eigenvalue weighted by atomic mass is 16.5. The van der Waals surface area contributed by atoms with Gasteiger partial charge in [0.2, 0.25) is 5.91 Å². The molecule has 0 aliphatic heterocycles. The summed E-state index contributed by atoms with van der Waals surface area (Å²) >= 11 is 0. The van der Waals surface area contributed by atoms with Crippen LogP contribution in [0.1, 0.15) is 117 Å². The van der Waals surface area contributed by atoms with E-state index in [1.54, 1.807) is 0 Å². The Balaban J connectivity index is 3.36. The molecule has 5 heteroatoms. The van der Waals surface area contributed by atoms with E-state index in [0.717, 1.165) is 19.3 Å². The van der Waals surface area contributed by atoms with Crippen LogP contribution in [0, 0.1) is 0 Å². The summed E-state index contributed by atoms with van der Waals surface area (Å²) in [4.78, 5) is 12.0. The molecule has 0 bridgehead atoms. The second kappa shape index (κ2) is 17.4. The van der Waals surface area contributed by atoms with Crippen molar-refractivity contribution in [2.45, 2.75) is 122 Å². The molecule has 27 heavy (non-hydrogen) atoms. The summed E-state index contributed by atoms with van der Waals surface area (Å²) in [6.07, 6.45) is 20.6. The molecule has 3 N–H and O–H groups in total. The maximum absolute atomic E-state index is 10.8. The van der Waals surface area contributed by atoms with Gasteiger partial charge in [-0.2, -0.15) is 0 Å². The quantitative estimate of drug-likeness (QED) is 0.195. The van der Waals surface area contributed by atoms with E-state index in [0.29, 0.717) is 6.54 Å². The number of aliphatic hydroxyl groups is 2. The summed E-state index contributed by atoms with van der Waals surface area (Å²) in [6, 6.07) is 0. The van der Waals surface area contributed by atoms with Crippen molar-refractivity contribution in [3.05, 3.63) is 0 Å². The van der Waals surface area contributed by atoms with Gasteiger partial charge in [0.1, 0.15) is 6.54 Å². The van der Waals surface area contributed by atoms with Crippen LogP contribution in [0.3, 0.4) is 0 Å². The summed E-state index contributed by atoms with van der Waals surface area (Å²) in [7, 11) is 0. The number of unbranched alkanes of at least 4 members (excludes halogenated alkanes) is 15. The Morgan fingerprint density at radius 2 is 1.04 bits per heavy atom. The molecule has 0 aliphatic carbocycles. The SMILES string of the molecule is CCCCCCCCCCCCCCCCCCN(CC(=O)O)C(C)(O)O. The smallest absolute Gasteiger partial charge is 0.317 e. The van der Waals surface area contributed by atoms with E-state index in [1.807, 2.05) is 0 Å². The molecule has 0 unspecified atom stereocenters. The molecule has 0 aromatic carbocycles. The largest absolute Gasteiger partial charge is 0.480 e. The Hall–Kier alpha value is -0.650. The van der Waals surface area contributed by atoms with Gasteiger partial charge in [0.15, 0.2) is 0 Å². The van der Waals surface area contributed by atoms with Gasteiger partial charge in [-0.3, -0.25) is 4.79 Å².